The molecule has 0 amide bonds. The Kier molecular flexibility index (Phi) is 3.56. The van der Waals surface area contributed by atoms with Crippen LogP contribution < -0.4 is 4.87 Å². The Morgan fingerprint density at radius 3 is 2.60 bits per heavy atom. The summed E-state index contributed by atoms with van der Waals surface area (Å²) in [5.41, 5.74) is 2.30. The lowest BCUT2D eigenvalue weighted by Gasteiger charge is -2.32. The van der Waals surface area contributed by atoms with Crippen molar-refractivity contribution in [3.63, 3.8) is 0 Å². The summed E-state index contributed by atoms with van der Waals surface area (Å²) in [6, 6.07) is 8.23. The quantitative estimate of drug-likeness (QED) is 0.867. The second-order valence-corrected chi connectivity index (χ2v) is 7.53. The number of fused-ring (bicyclic) bond motifs is 1. The first-order valence-electron chi connectivity index (χ1n) is 6.51. The Labute approximate surface area is 125 Å². The molecule has 0 bridgehead atoms. The van der Waals surface area contributed by atoms with Crippen LogP contribution in [0.5, 0.6) is 0 Å². The summed E-state index contributed by atoms with van der Waals surface area (Å²) >= 11 is 2.82. The first kappa shape index (κ1) is 13.6. The number of benzene rings is 1. The maximum atomic E-state index is 11.7. The number of carbonyl (C=O) groups excluding carboxylic acids is 1. The third-order valence-corrected chi connectivity index (χ3v) is 6.09. The number of aldehydes is 1. The number of hydrogen-bond donors (Lipinski definition) is 1. The van der Waals surface area contributed by atoms with E-state index < -0.39 is 0 Å². The molecular formula is C15H15NO2S2. The average Bonchev–Trinajstić information content (AvgIpc) is 2.78. The van der Waals surface area contributed by atoms with Crippen LogP contribution in [0.3, 0.4) is 0 Å². The van der Waals surface area contributed by atoms with E-state index in [0.29, 0.717) is 0 Å². The van der Waals surface area contributed by atoms with E-state index in [1.54, 1.807) is 11.8 Å². The van der Waals surface area contributed by atoms with E-state index in [1.165, 1.54) is 16.9 Å². The van der Waals surface area contributed by atoms with Crippen molar-refractivity contribution in [2.24, 2.45) is 5.92 Å². The molecule has 1 aliphatic rings. The van der Waals surface area contributed by atoms with Gasteiger partial charge in [0.1, 0.15) is 6.29 Å². The van der Waals surface area contributed by atoms with E-state index in [9.17, 15) is 9.59 Å². The van der Waals surface area contributed by atoms with E-state index in [1.807, 2.05) is 13.8 Å². The van der Waals surface area contributed by atoms with Crippen LogP contribution >= 0.6 is 23.1 Å². The van der Waals surface area contributed by atoms with Gasteiger partial charge in [0, 0.05) is 22.0 Å². The highest BCUT2D eigenvalue weighted by Gasteiger charge is 2.38. The Morgan fingerprint density at radius 1 is 1.25 bits per heavy atom. The number of rotatable bonds is 2. The standard InChI is InChI=1S/C15H15NO2S2/c1-8-3-5-10(6-4-8)12-11(7-17)9(2)19-14-13(12)20-15(18)16-14/h3-7,9,11-12H,1-2H3,(H,16,18)/t9-,11+,12-/m0/s1. The highest BCUT2D eigenvalue weighted by atomic mass is 32.2. The topological polar surface area (TPSA) is 49.9 Å². The van der Waals surface area contributed by atoms with Crippen molar-refractivity contribution >= 4 is 29.4 Å². The Hall–Kier alpha value is -1.33. The zero-order chi connectivity index (χ0) is 14.3. The molecule has 0 unspecified atom stereocenters. The van der Waals surface area contributed by atoms with E-state index in [2.05, 4.69) is 29.2 Å². The van der Waals surface area contributed by atoms with Gasteiger partial charge in [-0.25, -0.2) is 0 Å². The molecule has 20 heavy (non-hydrogen) atoms. The van der Waals surface area contributed by atoms with Crippen LogP contribution in [0.2, 0.25) is 0 Å². The van der Waals surface area contributed by atoms with Crippen molar-refractivity contribution < 1.29 is 4.79 Å². The molecule has 1 aliphatic heterocycles. The number of thiazole rings is 1. The smallest absolute Gasteiger partial charge is 0.305 e. The number of nitrogens with one attached hydrogen (secondary N) is 1. The molecule has 104 valence electrons. The van der Waals surface area contributed by atoms with Crippen LogP contribution in [0.25, 0.3) is 0 Å². The molecule has 1 N–H and O–H groups in total. The van der Waals surface area contributed by atoms with Gasteiger partial charge >= 0.3 is 4.87 Å². The third kappa shape index (κ3) is 2.25. The second-order valence-electron chi connectivity index (χ2n) is 5.13. The number of aromatic nitrogens is 1. The normalized spacial score (nSPS) is 25.2. The first-order valence-corrected chi connectivity index (χ1v) is 8.21. The van der Waals surface area contributed by atoms with Crippen molar-refractivity contribution in [3.05, 3.63) is 49.9 Å². The maximum Gasteiger partial charge on any atom is 0.305 e. The number of carbonyl (C=O) groups is 1. The van der Waals surface area contributed by atoms with Crippen LogP contribution in [0.15, 0.2) is 34.1 Å². The molecule has 0 fully saturated rings. The van der Waals surface area contributed by atoms with E-state index in [0.717, 1.165) is 21.8 Å². The Balaban J connectivity index is 2.15. The van der Waals surface area contributed by atoms with Crippen LogP contribution in [0.1, 0.15) is 28.8 Å². The van der Waals surface area contributed by atoms with Crippen molar-refractivity contribution in [1.29, 1.82) is 0 Å². The molecule has 0 spiro atoms. The van der Waals surface area contributed by atoms with Crippen LogP contribution in [-0.4, -0.2) is 16.5 Å². The largest absolute Gasteiger partial charge is 0.307 e. The molecule has 2 heterocycles. The molecule has 1 aromatic carbocycles. The predicted molar refractivity (Wildman–Crippen MR) is 82.8 cm³/mol. The number of aryl methyl sites for hydroxylation is 1. The lowest BCUT2D eigenvalue weighted by molar-refractivity contribution is -0.111. The maximum absolute atomic E-state index is 11.7. The molecule has 1 aromatic heterocycles. The lowest BCUT2D eigenvalue weighted by Crippen LogP contribution is -2.28. The average molecular weight is 305 g/mol. The van der Waals surface area contributed by atoms with Crippen LogP contribution in [0.4, 0.5) is 0 Å². The molecule has 0 saturated carbocycles. The number of hydrogen-bond acceptors (Lipinski definition) is 4. The van der Waals surface area contributed by atoms with Gasteiger partial charge in [0.25, 0.3) is 0 Å². The summed E-state index contributed by atoms with van der Waals surface area (Å²) in [5.74, 6) is -0.107. The minimum absolute atomic E-state index is 0.0108. The summed E-state index contributed by atoms with van der Waals surface area (Å²) < 4.78 is 0. The summed E-state index contributed by atoms with van der Waals surface area (Å²) in [4.78, 5) is 27.0. The van der Waals surface area contributed by atoms with Gasteiger partial charge < -0.3 is 9.78 Å². The van der Waals surface area contributed by atoms with Gasteiger partial charge in [-0.3, -0.25) is 4.79 Å². The minimum atomic E-state index is -0.0957. The second kappa shape index (κ2) is 5.22. The minimum Gasteiger partial charge on any atom is -0.307 e. The van der Waals surface area contributed by atoms with Gasteiger partial charge in [-0.15, -0.1) is 11.8 Å². The van der Waals surface area contributed by atoms with Crippen molar-refractivity contribution in [1.82, 2.24) is 4.98 Å². The number of thioether (sulfide) groups is 1. The fourth-order valence-electron chi connectivity index (χ4n) is 2.67. The van der Waals surface area contributed by atoms with Gasteiger partial charge in [0.05, 0.1) is 5.03 Å². The fraction of sp³-hybridized carbons (Fsp3) is 0.333. The van der Waals surface area contributed by atoms with Gasteiger partial charge in [0.2, 0.25) is 0 Å². The molecule has 3 atom stereocenters. The molecular weight excluding hydrogens is 290 g/mol. The Morgan fingerprint density at radius 2 is 1.95 bits per heavy atom. The van der Waals surface area contributed by atoms with Gasteiger partial charge in [0.15, 0.2) is 0 Å². The molecule has 0 aliphatic carbocycles. The number of H-pyrrole nitrogens is 1. The van der Waals surface area contributed by atoms with Crippen molar-refractivity contribution in [3.8, 4) is 0 Å². The SMILES string of the molecule is Cc1ccc([C@@H]2c3sc(=O)[nH]c3S[C@@H](C)[C@H]2C=O)cc1. The molecule has 0 radical (unpaired) electrons. The zero-order valence-corrected chi connectivity index (χ0v) is 12.9. The predicted octanol–water partition coefficient (Wildman–Crippen LogP) is 3.19. The van der Waals surface area contributed by atoms with E-state index >= 15 is 0 Å². The van der Waals surface area contributed by atoms with Gasteiger partial charge in [-0.1, -0.05) is 48.1 Å². The van der Waals surface area contributed by atoms with Crippen LogP contribution in [0, 0.1) is 12.8 Å². The monoisotopic (exact) mass is 305 g/mol. The van der Waals surface area contributed by atoms with Crippen molar-refractivity contribution in [2.75, 3.05) is 0 Å². The number of aromatic amines is 1. The van der Waals surface area contributed by atoms with E-state index in [-0.39, 0.29) is 22.0 Å². The molecule has 0 saturated heterocycles. The fourth-order valence-corrected chi connectivity index (χ4v) is 5.06. The van der Waals surface area contributed by atoms with Gasteiger partial charge in [-0.2, -0.15) is 0 Å². The highest BCUT2D eigenvalue weighted by molar-refractivity contribution is 8.00. The van der Waals surface area contributed by atoms with E-state index in [4.69, 9.17) is 0 Å². The molecule has 2 aromatic rings. The zero-order valence-electron chi connectivity index (χ0n) is 11.3. The Bertz CT molecular complexity index is 687. The summed E-state index contributed by atoms with van der Waals surface area (Å²) in [6.07, 6.45) is 1.04. The summed E-state index contributed by atoms with van der Waals surface area (Å²) in [5, 5.41) is 1.09. The molecule has 5 heteroatoms. The van der Waals surface area contributed by atoms with Crippen LogP contribution in [-0.2, 0) is 4.79 Å². The highest BCUT2D eigenvalue weighted by Crippen LogP contribution is 2.47. The summed E-state index contributed by atoms with van der Waals surface area (Å²) in [7, 11) is 0. The molecule has 3 nitrogen and oxygen atoms in total. The molecule has 3 rings (SSSR count). The third-order valence-electron chi connectivity index (χ3n) is 3.75. The first-order chi connectivity index (χ1) is 9.60. The summed E-state index contributed by atoms with van der Waals surface area (Å²) in [6.45, 7) is 4.09. The van der Waals surface area contributed by atoms with Crippen molar-refractivity contribution in [2.45, 2.75) is 30.0 Å². The lowest BCUT2D eigenvalue weighted by atomic mass is 9.83. The van der Waals surface area contributed by atoms with Gasteiger partial charge in [-0.05, 0) is 12.5 Å².